The molecule has 1 aromatic carbocycles. The minimum atomic E-state index is -4.47. The van der Waals surface area contributed by atoms with Crippen LogP contribution in [0.15, 0.2) is 18.2 Å². The Morgan fingerprint density at radius 2 is 1.77 bits per heavy atom. The van der Waals surface area contributed by atoms with Gasteiger partial charge in [-0.15, -0.1) is 24.8 Å². The lowest BCUT2D eigenvalue weighted by Crippen LogP contribution is -2.43. The minimum absolute atomic E-state index is 0. The molecule has 1 fully saturated rings. The van der Waals surface area contributed by atoms with E-state index < -0.39 is 11.7 Å². The molecule has 0 radical (unpaired) electrons. The van der Waals surface area contributed by atoms with Gasteiger partial charge >= 0.3 is 6.18 Å². The van der Waals surface area contributed by atoms with Crippen LogP contribution in [-0.4, -0.2) is 29.1 Å². The van der Waals surface area contributed by atoms with E-state index in [2.05, 4.69) is 20.2 Å². The van der Waals surface area contributed by atoms with Crippen molar-refractivity contribution in [1.29, 1.82) is 0 Å². The number of aryl methyl sites for hydroxylation is 1. The molecule has 4 rings (SSSR count). The Morgan fingerprint density at radius 3 is 2.48 bits per heavy atom. The lowest BCUT2D eigenvalue weighted by molar-refractivity contribution is -0.137. The molecule has 6 nitrogen and oxygen atoms in total. The summed E-state index contributed by atoms with van der Waals surface area (Å²) in [6.45, 7) is 1.59. The highest BCUT2D eigenvalue weighted by atomic mass is 35.5. The van der Waals surface area contributed by atoms with Gasteiger partial charge in [0.2, 0.25) is 5.95 Å². The van der Waals surface area contributed by atoms with Gasteiger partial charge in [0.15, 0.2) is 0 Å². The second kappa shape index (κ2) is 10.1. The fraction of sp³-hybridized carbons (Fsp3) is 0.500. The first kappa shape index (κ1) is 25.3. The zero-order valence-corrected chi connectivity index (χ0v) is 18.5. The van der Waals surface area contributed by atoms with Crippen molar-refractivity contribution in [2.45, 2.75) is 50.7 Å². The van der Waals surface area contributed by atoms with Crippen LogP contribution in [0.3, 0.4) is 0 Å². The van der Waals surface area contributed by atoms with Gasteiger partial charge in [-0.1, -0.05) is 0 Å². The average molecular weight is 479 g/mol. The highest BCUT2D eigenvalue weighted by molar-refractivity contribution is 5.85. The molecule has 172 valence electrons. The number of nitrogen functional groups attached to an aromatic ring is 1. The van der Waals surface area contributed by atoms with Gasteiger partial charge in [0.25, 0.3) is 0 Å². The van der Waals surface area contributed by atoms with Gasteiger partial charge in [0.1, 0.15) is 5.82 Å². The molecular formula is C20H27Cl2F3N6. The molecule has 2 aliphatic rings. The zero-order valence-electron chi connectivity index (χ0n) is 16.9. The van der Waals surface area contributed by atoms with Crippen LogP contribution in [0.2, 0.25) is 0 Å². The maximum atomic E-state index is 13.1. The van der Waals surface area contributed by atoms with E-state index in [0.717, 1.165) is 80.8 Å². The van der Waals surface area contributed by atoms with Crippen LogP contribution in [0.5, 0.6) is 0 Å². The number of piperidine rings is 1. The van der Waals surface area contributed by atoms with Crippen molar-refractivity contribution in [2.24, 2.45) is 5.73 Å². The molecule has 0 amide bonds. The van der Waals surface area contributed by atoms with Crippen LogP contribution in [0.4, 0.5) is 36.3 Å². The van der Waals surface area contributed by atoms with Crippen LogP contribution >= 0.6 is 24.8 Å². The maximum absolute atomic E-state index is 13.1. The largest absolute Gasteiger partial charge is 0.416 e. The van der Waals surface area contributed by atoms with Gasteiger partial charge < -0.3 is 21.7 Å². The number of nitrogens with zero attached hydrogens (tertiary/aromatic N) is 3. The van der Waals surface area contributed by atoms with Crippen molar-refractivity contribution in [3.8, 4) is 0 Å². The molecule has 0 unspecified atom stereocenters. The quantitative estimate of drug-likeness (QED) is 0.563. The molecule has 5 N–H and O–H groups in total. The Bertz CT molecular complexity index is 909. The van der Waals surface area contributed by atoms with Crippen molar-refractivity contribution in [3.63, 3.8) is 0 Å². The summed E-state index contributed by atoms with van der Waals surface area (Å²) in [5.41, 5.74) is 13.4. The monoisotopic (exact) mass is 478 g/mol. The number of nitrogens with two attached hydrogens (primary N) is 2. The summed E-state index contributed by atoms with van der Waals surface area (Å²) in [5.74, 6) is 1.14. The minimum Gasteiger partial charge on any atom is -0.399 e. The number of aromatic nitrogens is 2. The lowest BCUT2D eigenvalue weighted by atomic mass is 9.95. The molecule has 2 aromatic rings. The fourth-order valence-electron chi connectivity index (χ4n) is 4.11. The van der Waals surface area contributed by atoms with E-state index in [1.54, 1.807) is 0 Å². The van der Waals surface area contributed by atoms with Gasteiger partial charge in [0.05, 0.1) is 11.3 Å². The number of fused-ring (bicyclic) bond motifs is 1. The van der Waals surface area contributed by atoms with E-state index in [0.29, 0.717) is 5.95 Å². The SMILES string of the molecule is Cl.Cl.Nc1cc(Nc2nc3c(c(N4CCC[C@@H](N)C4)n2)CCCC3)cc(C(F)(F)F)c1. The summed E-state index contributed by atoms with van der Waals surface area (Å²) in [4.78, 5) is 11.5. The summed E-state index contributed by atoms with van der Waals surface area (Å²) >= 11 is 0. The summed E-state index contributed by atoms with van der Waals surface area (Å²) in [5, 5.41) is 2.94. The first-order valence-electron chi connectivity index (χ1n) is 9.95. The maximum Gasteiger partial charge on any atom is 0.416 e. The first-order chi connectivity index (χ1) is 13.8. The van der Waals surface area contributed by atoms with Crippen LogP contribution < -0.4 is 21.7 Å². The molecule has 11 heteroatoms. The topological polar surface area (TPSA) is 93.1 Å². The number of rotatable bonds is 3. The van der Waals surface area contributed by atoms with Gasteiger partial charge in [-0.2, -0.15) is 18.2 Å². The molecular weight excluding hydrogens is 452 g/mol. The normalized spacial score (nSPS) is 18.5. The van der Waals surface area contributed by atoms with Crippen LogP contribution in [0, 0.1) is 0 Å². The van der Waals surface area contributed by atoms with Crippen LogP contribution in [0.25, 0.3) is 0 Å². The second-order valence-electron chi connectivity index (χ2n) is 7.82. The fourth-order valence-corrected chi connectivity index (χ4v) is 4.11. The number of nitrogens with one attached hydrogen (secondary N) is 1. The molecule has 0 bridgehead atoms. The van der Waals surface area contributed by atoms with E-state index in [4.69, 9.17) is 11.5 Å². The highest BCUT2D eigenvalue weighted by Crippen LogP contribution is 2.35. The average Bonchev–Trinajstić information content (AvgIpc) is 2.66. The Labute approximate surface area is 191 Å². The number of anilines is 4. The molecule has 1 saturated heterocycles. The van der Waals surface area contributed by atoms with Gasteiger partial charge in [-0.25, -0.2) is 4.98 Å². The standard InChI is InChI=1S/C20H25F3N6.2ClH/c21-20(22,23)12-8-14(25)10-15(9-12)26-19-27-17-6-2-1-5-16(17)18(28-19)29-7-3-4-13(24)11-29;;/h8-10,13H,1-7,11,24-25H2,(H,26,27,28);2*1H/t13-;;/m1../s1. The Balaban J connectivity index is 0.00000171. The summed E-state index contributed by atoms with van der Waals surface area (Å²) in [7, 11) is 0. The van der Waals surface area contributed by atoms with E-state index in [9.17, 15) is 13.2 Å². The molecule has 0 saturated carbocycles. The number of halogens is 5. The third-order valence-electron chi connectivity index (χ3n) is 5.46. The van der Waals surface area contributed by atoms with E-state index in [1.165, 1.54) is 6.07 Å². The van der Waals surface area contributed by atoms with E-state index in [-0.39, 0.29) is 42.2 Å². The van der Waals surface area contributed by atoms with E-state index >= 15 is 0 Å². The van der Waals surface area contributed by atoms with Crippen LogP contribution in [0.1, 0.15) is 42.5 Å². The molecule has 0 spiro atoms. The predicted octanol–water partition coefficient (Wildman–Crippen LogP) is 4.47. The molecule has 2 heterocycles. The number of hydrogen-bond acceptors (Lipinski definition) is 6. The zero-order chi connectivity index (χ0) is 20.6. The summed E-state index contributed by atoms with van der Waals surface area (Å²) < 4.78 is 39.4. The Morgan fingerprint density at radius 1 is 1.03 bits per heavy atom. The van der Waals surface area contributed by atoms with Crippen molar-refractivity contribution in [1.82, 2.24) is 9.97 Å². The van der Waals surface area contributed by atoms with Crippen LogP contribution in [-0.2, 0) is 19.0 Å². The van der Waals surface area contributed by atoms with Crippen molar-refractivity contribution >= 4 is 48.0 Å². The van der Waals surface area contributed by atoms with Crippen molar-refractivity contribution in [2.75, 3.05) is 29.0 Å². The number of benzene rings is 1. The lowest BCUT2D eigenvalue weighted by Gasteiger charge is -2.34. The molecule has 1 atom stereocenters. The predicted molar refractivity (Wildman–Crippen MR) is 122 cm³/mol. The smallest absolute Gasteiger partial charge is 0.399 e. The second-order valence-corrected chi connectivity index (χ2v) is 7.82. The summed E-state index contributed by atoms with van der Waals surface area (Å²) in [6.07, 6.45) is 1.37. The molecule has 1 aliphatic heterocycles. The molecule has 31 heavy (non-hydrogen) atoms. The summed E-state index contributed by atoms with van der Waals surface area (Å²) in [6, 6.07) is 3.49. The first-order valence-corrected chi connectivity index (χ1v) is 9.95. The van der Waals surface area contributed by atoms with Crippen molar-refractivity contribution in [3.05, 3.63) is 35.0 Å². The number of alkyl halides is 3. The van der Waals surface area contributed by atoms with Gasteiger partial charge in [-0.3, -0.25) is 0 Å². The molecule has 1 aromatic heterocycles. The van der Waals surface area contributed by atoms with Gasteiger partial charge in [-0.05, 0) is 56.7 Å². The highest BCUT2D eigenvalue weighted by Gasteiger charge is 2.31. The Hall–Kier alpha value is -1.97. The van der Waals surface area contributed by atoms with Gasteiger partial charge in [0, 0.05) is 36.1 Å². The Kier molecular flexibility index (Phi) is 8.24. The molecule has 1 aliphatic carbocycles. The number of hydrogen-bond donors (Lipinski definition) is 3. The third-order valence-corrected chi connectivity index (χ3v) is 5.46. The van der Waals surface area contributed by atoms with Crippen molar-refractivity contribution < 1.29 is 13.2 Å². The van der Waals surface area contributed by atoms with E-state index in [1.807, 2.05) is 0 Å². The third kappa shape index (κ3) is 5.84.